The second-order valence-electron chi connectivity index (χ2n) is 9.61. The van der Waals surface area contributed by atoms with Crippen molar-refractivity contribution in [2.24, 2.45) is 29.1 Å². The first-order valence-corrected chi connectivity index (χ1v) is 11.9. The van der Waals surface area contributed by atoms with E-state index in [2.05, 4.69) is 43.7 Å². The number of esters is 1. The fourth-order valence-corrected chi connectivity index (χ4v) is 3.89. The number of carbonyl (C=O) groups excluding carboxylic acids is 1. The summed E-state index contributed by atoms with van der Waals surface area (Å²) < 4.78 is 4.29. The average Bonchev–Trinajstić information content (AvgIpc) is 2.74. The quantitative estimate of drug-likeness (QED) is 0.468. The number of hydrogen-bond acceptors (Lipinski definition) is 5. The maximum Gasteiger partial charge on any atom is 0.309 e. The minimum Gasteiger partial charge on any atom is -0.481 e. The van der Waals surface area contributed by atoms with Crippen LogP contribution >= 0.6 is 0 Å². The molecule has 0 aromatic rings. The highest BCUT2D eigenvalue weighted by Crippen LogP contribution is 2.42. The van der Waals surface area contributed by atoms with E-state index in [0.29, 0.717) is 6.42 Å². The van der Waals surface area contributed by atoms with Gasteiger partial charge in [-0.2, -0.15) is 0 Å². The summed E-state index contributed by atoms with van der Waals surface area (Å²) in [5.74, 6) is 2.18. The molecular weight excluding hydrogens is 408 g/mol. The second kappa shape index (κ2) is 15.2. The smallest absolute Gasteiger partial charge is 0.309 e. The molecule has 6 nitrogen and oxygen atoms in total. The van der Waals surface area contributed by atoms with Gasteiger partial charge in [0.15, 0.2) is 0 Å². The maximum atomic E-state index is 10.4. The van der Waals surface area contributed by atoms with Crippen LogP contribution in [-0.2, 0) is 14.3 Å². The Morgan fingerprint density at radius 1 is 1.22 bits per heavy atom. The Hall–Kier alpha value is -1.66. The monoisotopic (exact) mass is 454 g/mol. The van der Waals surface area contributed by atoms with Crippen LogP contribution in [0.1, 0.15) is 80.1 Å². The van der Waals surface area contributed by atoms with Crippen LogP contribution in [0.4, 0.5) is 0 Å². The van der Waals surface area contributed by atoms with E-state index >= 15 is 0 Å². The number of rotatable bonds is 7. The Kier molecular flexibility index (Phi) is 14.4. The van der Waals surface area contributed by atoms with Crippen molar-refractivity contribution in [1.82, 2.24) is 0 Å². The number of hydrogen-bond donors (Lipinski definition) is 3. The molecule has 0 radical (unpaired) electrons. The van der Waals surface area contributed by atoms with Crippen LogP contribution in [-0.4, -0.2) is 47.1 Å². The molecule has 6 heteroatoms. The number of carbonyl (C=O) groups is 2. The minimum atomic E-state index is -0.780. The maximum absolute atomic E-state index is 10.4. The molecule has 32 heavy (non-hydrogen) atoms. The number of aliphatic hydroxyl groups excluding tert-OH is 2. The summed E-state index contributed by atoms with van der Waals surface area (Å²) in [6.45, 7) is 12.3. The van der Waals surface area contributed by atoms with E-state index in [4.69, 9.17) is 15.3 Å². The number of ether oxygens (including phenoxy) is 1. The predicted molar refractivity (Wildman–Crippen MR) is 128 cm³/mol. The zero-order valence-electron chi connectivity index (χ0n) is 21.1. The molecule has 2 aliphatic carbocycles. The number of aliphatic carboxylic acids is 1. The molecule has 0 aliphatic heterocycles. The lowest BCUT2D eigenvalue weighted by atomic mass is 9.67. The van der Waals surface area contributed by atoms with Crippen molar-refractivity contribution in [3.63, 3.8) is 0 Å². The van der Waals surface area contributed by atoms with E-state index in [1.54, 1.807) is 19.4 Å². The SMILES string of the molecule is CCC(C)(C)C(=O)O.CCC1C(C)C=CC2=C[C@H](C)CCC21.COC(=O)CC(O)CCO. The summed E-state index contributed by atoms with van der Waals surface area (Å²) in [7, 11) is 1.26. The first kappa shape index (κ1) is 30.3. The second-order valence-corrected chi connectivity index (χ2v) is 9.61. The van der Waals surface area contributed by atoms with Crippen molar-refractivity contribution in [3.8, 4) is 0 Å². The fraction of sp³-hybridized carbons (Fsp3) is 0.769. The number of fused-ring (bicyclic) bond motifs is 1. The number of aliphatic hydroxyl groups is 2. The Morgan fingerprint density at radius 2 is 1.84 bits per heavy atom. The van der Waals surface area contributed by atoms with E-state index in [-0.39, 0.29) is 19.4 Å². The van der Waals surface area contributed by atoms with Crippen molar-refractivity contribution < 1.29 is 29.6 Å². The van der Waals surface area contributed by atoms with Crippen molar-refractivity contribution in [2.75, 3.05) is 13.7 Å². The van der Waals surface area contributed by atoms with E-state index in [1.807, 2.05) is 6.92 Å². The van der Waals surface area contributed by atoms with Gasteiger partial charge in [0.1, 0.15) is 0 Å². The molecule has 186 valence electrons. The van der Waals surface area contributed by atoms with Crippen LogP contribution in [0.5, 0.6) is 0 Å². The topological polar surface area (TPSA) is 104 Å². The Labute approximate surface area is 194 Å². The molecule has 2 rings (SSSR count). The zero-order chi connectivity index (χ0) is 24.9. The molecule has 0 amide bonds. The summed E-state index contributed by atoms with van der Waals surface area (Å²) in [5, 5.41) is 25.6. The Morgan fingerprint density at radius 3 is 2.28 bits per heavy atom. The summed E-state index contributed by atoms with van der Waals surface area (Å²) in [6, 6.07) is 0. The summed E-state index contributed by atoms with van der Waals surface area (Å²) >= 11 is 0. The van der Waals surface area contributed by atoms with Crippen molar-refractivity contribution in [2.45, 2.75) is 86.2 Å². The minimum absolute atomic E-state index is 0.0446. The molecule has 3 N–H and O–H groups in total. The summed E-state index contributed by atoms with van der Waals surface area (Å²) in [4.78, 5) is 20.7. The van der Waals surface area contributed by atoms with E-state index in [0.717, 1.165) is 23.7 Å². The molecule has 0 aromatic carbocycles. The fourth-order valence-electron chi connectivity index (χ4n) is 3.89. The summed E-state index contributed by atoms with van der Waals surface area (Å²) in [6.07, 6.45) is 11.5. The van der Waals surface area contributed by atoms with Gasteiger partial charge in [-0.3, -0.25) is 9.59 Å². The Bertz CT molecular complexity index is 622. The first-order valence-electron chi connectivity index (χ1n) is 11.9. The van der Waals surface area contributed by atoms with Gasteiger partial charge in [0.2, 0.25) is 0 Å². The highest BCUT2D eigenvalue weighted by Gasteiger charge is 2.31. The van der Waals surface area contributed by atoms with Gasteiger partial charge in [-0.15, -0.1) is 0 Å². The molecular formula is C26H46O6. The average molecular weight is 455 g/mol. The van der Waals surface area contributed by atoms with E-state index in [9.17, 15) is 9.59 Å². The van der Waals surface area contributed by atoms with Gasteiger partial charge < -0.3 is 20.1 Å². The lowest BCUT2D eigenvalue weighted by Crippen LogP contribution is -2.27. The highest BCUT2D eigenvalue weighted by molar-refractivity contribution is 5.73. The predicted octanol–water partition coefficient (Wildman–Crippen LogP) is 4.99. The Balaban J connectivity index is 0.000000476. The highest BCUT2D eigenvalue weighted by atomic mass is 16.5. The third-order valence-electron chi connectivity index (χ3n) is 6.65. The van der Waals surface area contributed by atoms with Crippen LogP contribution in [0.2, 0.25) is 0 Å². The van der Waals surface area contributed by atoms with E-state index < -0.39 is 23.5 Å². The van der Waals surface area contributed by atoms with Crippen LogP contribution in [0.25, 0.3) is 0 Å². The molecule has 0 saturated heterocycles. The first-order chi connectivity index (χ1) is 14.9. The third-order valence-corrected chi connectivity index (χ3v) is 6.65. The normalized spacial score (nSPS) is 25.1. The van der Waals surface area contributed by atoms with Gasteiger partial charge in [-0.25, -0.2) is 0 Å². The number of allylic oxidation sites excluding steroid dienone is 4. The molecule has 4 unspecified atom stereocenters. The van der Waals surface area contributed by atoms with Gasteiger partial charge in [0.05, 0.1) is 25.0 Å². The van der Waals surface area contributed by atoms with Crippen molar-refractivity contribution >= 4 is 11.9 Å². The van der Waals surface area contributed by atoms with Crippen LogP contribution in [0.3, 0.4) is 0 Å². The van der Waals surface area contributed by atoms with Gasteiger partial charge in [-0.1, -0.05) is 52.3 Å². The van der Waals surface area contributed by atoms with Crippen molar-refractivity contribution in [1.29, 1.82) is 0 Å². The molecule has 0 saturated carbocycles. The van der Waals surface area contributed by atoms with E-state index in [1.165, 1.54) is 26.4 Å². The lowest BCUT2D eigenvalue weighted by Gasteiger charge is -2.38. The van der Waals surface area contributed by atoms with Gasteiger partial charge in [-0.05, 0) is 68.8 Å². The van der Waals surface area contributed by atoms with Crippen LogP contribution in [0, 0.1) is 29.1 Å². The lowest BCUT2D eigenvalue weighted by molar-refractivity contribution is -0.147. The third kappa shape index (κ3) is 10.8. The molecule has 5 atom stereocenters. The van der Waals surface area contributed by atoms with Crippen molar-refractivity contribution in [3.05, 3.63) is 23.8 Å². The number of carboxylic acid groups (broad SMARTS) is 1. The molecule has 0 spiro atoms. The van der Waals surface area contributed by atoms with Crippen LogP contribution < -0.4 is 0 Å². The molecule has 0 bridgehead atoms. The van der Waals surface area contributed by atoms with Crippen LogP contribution in [0.15, 0.2) is 23.8 Å². The van der Waals surface area contributed by atoms with Gasteiger partial charge in [0, 0.05) is 6.61 Å². The van der Waals surface area contributed by atoms with Gasteiger partial charge in [0.25, 0.3) is 0 Å². The van der Waals surface area contributed by atoms with Gasteiger partial charge >= 0.3 is 11.9 Å². The zero-order valence-corrected chi connectivity index (χ0v) is 21.1. The number of carboxylic acids is 1. The summed E-state index contributed by atoms with van der Waals surface area (Å²) in [5.41, 5.74) is 1.09. The molecule has 0 heterocycles. The molecule has 2 aliphatic rings. The largest absolute Gasteiger partial charge is 0.481 e. The molecule has 0 aromatic heterocycles. The molecule has 0 fully saturated rings. The standard InChI is InChI=1S/C14H22.C6H12O4.C6H12O2/c1-4-13-11(3)6-7-12-9-10(2)5-8-14(12)13;1-10-6(9)4-5(8)2-3-7;1-4-6(2,3)5(7)8/h6-7,9-11,13-14H,4-5,8H2,1-3H3;5,7-8H,2-4H2,1H3;4H2,1-3H3,(H,7,8)/t10-,11?,13?,14?;;/m1../s1. The number of methoxy groups -OCH3 is 1.